The number of aromatic nitrogens is 1. The summed E-state index contributed by atoms with van der Waals surface area (Å²) in [5.74, 6) is 0. The highest BCUT2D eigenvalue weighted by Gasteiger charge is 2.30. The third-order valence-electron chi connectivity index (χ3n) is 2.85. The molecule has 4 nitrogen and oxygen atoms in total. The molecule has 3 aromatic rings. The third-order valence-corrected chi connectivity index (χ3v) is 2.85. The summed E-state index contributed by atoms with van der Waals surface area (Å²) in [6, 6.07) is 9.84. The molecule has 1 heterocycles. The van der Waals surface area contributed by atoms with Crippen molar-refractivity contribution in [3.8, 4) is 0 Å². The Morgan fingerprint density at radius 3 is 2.67 bits per heavy atom. The maximum absolute atomic E-state index is 12.6. The molecule has 3 N–H and O–H groups in total. The summed E-state index contributed by atoms with van der Waals surface area (Å²) in [5.41, 5.74) is 6.67. The van der Waals surface area contributed by atoms with Crippen molar-refractivity contribution in [3.05, 3.63) is 48.0 Å². The Balaban J connectivity index is 1.91. The van der Waals surface area contributed by atoms with Gasteiger partial charge in [-0.3, -0.25) is 0 Å². The minimum absolute atomic E-state index is 0.106. The van der Waals surface area contributed by atoms with Gasteiger partial charge in [0.05, 0.1) is 5.56 Å². The maximum atomic E-state index is 12.6. The topological polar surface area (TPSA) is 64.1 Å². The van der Waals surface area contributed by atoms with Gasteiger partial charge in [0.1, 0.15) is 5.52 Å². The summed E-state index contributed by atoms with van der Waals surface area (Å²) in [6.45, 7) is 0. The average molecular weight is 293 g/mol. The lowest BCUT2D eigenvalue weighted by molar-refractivity contribution is -0.137. The SMILES string of the molecule is Nc1ccc2nc(Nc3cccc(C(F)(F)F)c3)oc2c1. The number of anilines is 3. The second-order valence-corrected chi connectivity index (χ2v) is 4.45. The fraction of sp³-hybridized carbons (Fsp3) is 0.0714. The number of fused-ring (bicyclic) bond motifs is 1. The van der Waals surface area contributed by atoms with Crippen molar-refractivity contribution in [2.45, 2.75) is 6.18 Å². The van der Waals surface area contributed by atoms with Crippen LogP contribution in [0.1, 0.15) is 5.56 Å². The van der Waals surface area contributed by atoms with Crippen molar-refractivity contribution >= 4 is 28.5 Å². The number of oxazole rings is 1. The first kappa shape index (κ1) is 13.3. The average Bonchev–Trinajstić information content (AvgIpc) is 2.79. The zero-order valence-electron chi connectivity index (χ0n) is 10.6. The fourth-order valence-corrected chi connectivity index (χ4v) is 1.89. The Kier molecular flexibility index (Phi) is 2.97. The lowest BCUT2D eigenvalue weighted by atomic mass is 10.2. The number of hydrogen-bond donors (Lipinski definition) is 2. The molecule has 0 saturated heterocycles. The maximum Gasteiger partial charge on any atom is 0.416 e. The van der Waals surface area contributed by atoms with Crippen LogP contribution in [-0.4, -0.2) is 4.98 Å². The van der Waals surface area contributed by atoms with Gasteiger partial charge in [-0.2, -0.15) is 18.2 Å². The number of alkyl halides is 3. The van der Waals surface area contributed by atoms with Crippen LogP contribution in [-0.2, 0) is 6.18 Å². The molecule has 1 aromatic heterocycles. The van der Waals surface area contributed by atoms with E-state index in [1.807, 2.05) is 0 Å². The molecule has 0 aliphatic rings. The highest BCUT2D eigenvalue weighted by Crippen LogP contribution is 2.31. The van der Waals surface area contributed by atoms with Crippen molar-refractivity contribution in [2.24, 2.45) is 0 Å². The first-order chi connectivity index (χ1) is 9.91. The fourth-order valence-electron chi connectivity index (χ4n) is 1.89. The third kappa shape index (κ3) is 2.76. The van der Waals surface area contributed by atoms with Crippen LogP contribution in [0.4, 0.5) is 30.6 Å². The molecule has 2 aromatic carbocycles. The lowest BCUT2D eigenvalue weighted by Gasteiger charge is -2.08. The van der Waals surface area contributed by atoms with E-state index in [1.54, 1.807) is 18.2 Å². The molecule has 0 bridgehead atoms. The number of benzene rings is 2. The van der Waals surface area contributed by atoms with E-state index in [9.17, 15) is 13.2 Å². The molecular weight excluding hydrogens is 283 g/mol. The molecule has 0 fully saturated rings. The van der Waals surface area contributed by atoms with Gasteiger partial charge < -0.3 is 15.5 Å². The molecule has 0 amide bonds. The minimum atomic E-state index is -4.40. The van der Waals surface area contributed by atoms with Crippen LogP contribution in [0.25, 0.3) is 11.1 Å². The summed E-state index contributed by atoms with van der Waals surface area (Å²) in [5, 5.41) is 2.71. The van der Waals surface area contributed by atoms with Gasteiger partial charge in [-0.05, 0) is 30.3 Å². The number of rotatable bonds is 2. The van der Waals surface area contributed by atoms with Crippen molar-refractivity contribution in [1.82, 2.24) is 4.98 Å². The quantitative estimate of drug-likeness (QED) is 0.696. The van der Waals surface area contributed by atoms with Gasteiger partial charge in [0.15, 0.2) is 5.58 Å². The van der Waals surface area contributed by atoms with Gasteiger partial charge in [0.2, 0.25) is 0 Å². The van der Waals surface area contributed by atoms with E-state index in [1.165, 1.54) is 12.1 Å². The zero-order valence-corrected chi connectivity index (χ0v) is 10.6. The zero-order chi connectivity index (χ0) is 15.0. The summed E-state index contributed by atoms with van der Waals surface area (Å²) in [6.07, 6.45) is -4.40. The van der Waals surface area contributed by atoms with Gasteiger partial charge in [0, 0.05) is 17.4 Å². The van der Waals surface area contributed by atoms with Crippen LogP contribution in [0.5, 0.6) is 0 Å². The first-order valence-corrected chi connectivity index (χ1v) is 6.02. The molecule has 0 spiro atoms. The minimum Gasteiger partial charge on any atom is -0.423 e. The largest absolute Gasteiger partial charge is 0.423 e. The van der Waals surface area contributed by atoms with E-state index < -0.39 is 11.7 Å². The molecule has 0 aliphatic carbocycles. The molecule has 0 unspecified atom stereocenters. The van der Waals surface area contributed by atoms with Crippen molar-refractivity contribution in [3.63, 3.8) is 0 Å². The summed E-state index contributed by atoms with van der Waals surface area (Å²) < 4.78 is 43.3. The predicted octanol–water partition coefficient (Wildman–Crippen LogP) is 4.17. The number of nitrogens with zero attached hydrogens (tertiary/aromatic N) is 1. The standard InChI is InChI=1S/C14H10F3N3O/c15-14(16,17)8-2-1-3-10(6-8)19-13-20-11-5-4-9(18)7-12(11)21-13/h1-7H,18H2,(H,19,20). The van der Waals surface area contributed by atoms with Crippen LogP contribution < -0.4 is 11.1 Å². The normalized spacial score (nSPS) is 11.8. The van der Waals surface area contributed by atoms with Gasteiger partial charge in [-0.25, -0.2) is 0 Å². The number of hydrogen-bond acceptors (Lipinski definition) is 4. The van der Waals surface area contributed by atoms with E-state index in [4.69, 9.17) is 10.2 Å². The molecule has 0 atom stereocenters. The second kappa shape index (κ2) is 4.69. The Labute approximate surface area is 117 Å². The van der Waals surface area contributed by atoms with Crippen molar-refractivity contribution in [2.75, 3.05) is 11.1 Å². The van der Waals surface area contributed by atoms with Crippen molar-refractivity contribution in [1.29, 1.82) is 0 Å². The Morgan fingerprint density at radius 1 is 1.10 bits per heavy atom. The monoisotopic (exact) mass is 293 g/mol. The summed E-state index contributed by atoms with van der Waals surface area (Å²) >= 11 is 0. The molecule has 0 saturated carbocycles. The van der Waals surface area contributed by atoms with E-state index in [0.717, 1.165) is 12.1 Å². The molecule has 3 rings (SSSR count). The Hall–Kier alpha value is -2.70. The summed E-state index contributed by atoms with van der Waals surface area (Å²) in [4.78, 5) is 4.13. The molecule has 7 heteroatoms. The molecule has 0 radical (unpaired) electrons. The first-order valence-electron chi connectivity index (χ1n) is 6.02. The number of nitrogens with one attached hydrogen (secondary N) is 1. The summed E-state index contributed by atoms with van der Waals surface area (Å²) in [7, 11) is 0. The van der Waals surface area contributed by atoms with E-state index in [2.05, 4.69) is 10.3 Å². The molecule has 108 valence electrons. The van der Waals surface area contributed by atoms with Crippen LogP contribution in [0.15, 0.2) is 46.9 Å². The highest BCUT2D eigenvalue weighted by molar-refractivity contribution is 5.78. The van der Waals surface area contributed by atoms with Crippen LogP contribution in [0.2, 0.25) is 0 Å². The van der Waals surface area contributed by atoms with Gasteiger partial charge in [-0.1, -0.05) is 6.07 Å². The second-order valence-electron chi connectivity index (χ2n) is 4.45. The molecule has 21 heavy (non-hydrogen) atoms. The van der Waals surface area contributed by atoms with E-state index >= 15 is 0 Å². The van der Waals surface area contributed by atoms with Crippen molar-refractivity contribution < 1.29 is 17.6 Å². The predicted molar refractivity (Wildman–Crippen MR) is 73.1 cm³/mol. The van der Waals surface area contributed by atoms with E-state index in [-0.39, 0.29) is 11.7 Å². The number of nitrogen functional groups attached to an aromatic ring is 1. The Bertz CT molecular complexity index is 796. The van der Waals surface area contributed by atoms with Crippen LogP contribution in [0, 0.1) is 0 Å². The van der Waals surface area contributed by atoms with Crippen LogP contribution >= 0.6 is 0 Å². The number of halogens is 3. The molecule has 0 aliphatic heterocycles. The van der Waals surface area contributed by atoms with Crippen LogP contribution in [0.3, 0.4) is 0 Å². The van der Waals surface area contributed by atoms with Gasteiger partial charge in [-0.15, -0.1) is 0 Å². The molecular formula is C14H10F3N3O. The van der Waals surface area contributed by atoms with Gasteiger partial charge >= 0.3 is 6.18 Å². The Morgan fingerprint density at radius 2 is 1.90 bits per heavy atom. The van der Waals surface area contributed by atoms with E-state index in [0.29, 0.717) is 16.8 Å². The highest BCUT2D eigenvalue weighted by atomic mass is 19.4. The smallest absolute Gasteiger partial charge is 0.416 e. The van der Waals surface area contributed by atoms with Gasteiger partial charge in [0.25, 0.3) is 6.01 Å². The lowest BCUT2D eigenvalue weighted by Crippen LogP contribution is -2.05. The number of nitrogens with two attached hydrogens (primary N) is 1.